The molecule has 4 heterocycles. The minimum atomic E-state index is -2.65. The van der Waals surface area contributed by atoms with Gasteiger partial charge in [-0.15, -0.1) is 0 Å². The lowest BCUT2D eigenvalue weighted by atomic mass is 10.2. The Hall–Kier alpha value is -3.39. The van der Waals surface area contributed by atoms with Gasteiger partial charge in [0.1, 0.15) is 22.9 Å². The third kappa shape index (κ3) is 3.63. The van der Waals surface area contributed by atoms with Gasteiger partial charge < -0.3 is 10.2 Å². The quantitative estimate of drug-likeness (QED) is 0.536. The van der Waals surface area contributed by atoms with E-state index in [9.17, 15) is 8.78 Å². The third-order valence-corrected chi connectivity index (χ3v) is 5.56. The molecule has 4 aromatic rings. The van der Waals surface area contributed by atoms with Gasteiger partial charge in [0.05, 0.1) is 5.69 Å². The number of rotatable bonds is 4. The molecule has 31 heavy (non-hydrogen) atoms. The number of aromatic nitrogens is 4. The van der Waals surface area contributed by atoms with Gasteiger partial charge in [0, 0.05) is 37.4 Å². The number of nitrogens with zero attached hydrogens (tertiary/aromatic N) is 5. The van der Waals surface area contributed by atoms with E-state index in [-0.39, 0.29) is 5.69 Å². The average molecular weight is 420 g/mol. The maximum atomic E-state index is 13.4. The predicted octanol–water partition coefficient (Wildman–Crippen LogP) is 4.22. The van der Waals surface area contributed by atoms with Crippen LogP contribution in [0.25, 0.3) is 28.2 Å². The first-order valence-corrected chi connectivity index (χ1v) is 10.3. The smallest absolute Gasteiger partial charge is 0.280 e. The lowest BCUT2D eigenvalue weighted by molar-refractivity contribution is 0.146. The van der Waals surface area contributed by atoms with Crippen LogP contribution in [0.3, 0.4) is 0 Å². The molecule has 1 fully saturated rings. The van der Waals surface area contributed by atoms with E-state index in [4.69, 9.17) is 9.97 Å². The monoisotopic (exact) mass is 420 g/mol. The van der Waals surface area contributed by atoms with Crippen LogP contribution in [0.15, 0.2) is 60.8 Å². The summed E-state index contributed by atoms with van der Waals surface area (Å²) in [6.07, 6.45) is -1.25. The Labute approximate surface area is 178 Å². The number of piperazine rings is 1. The number of halogens is 2. The second-order valence-electron chi connectivity index (χ2n) is 7.64. The van der Waals surface area contributed by atoms with Crippen LogP contribution in [0, 0.1) is 0 Å². The Kier molecular flexibility index (Phi) is 5.07. The Balaban J connectivity index is 1.73. The summed E-state index contributed by atoms with van der Waals surface area (Å²) in [6.45, 7) is 4.78. The number of nitrogens with one attached hydrogen (secondary N) is 1. The molecule has 0 amide bonds. The lowest BCUT2D eigenvalue weighted by Gasteiger charge is -2.34. The molecule has 0 aliphatic carbocycles. The summed E-state index contributed by atoms with van der Waals surface area (Å²) in [7, 11) is 0. The highest BCUT2D eigenvalue weighted by atomic mass is 19.3. The van der Waals surface area contributed by atoms with E-state index in [2.05, 4.69) is 22.1 Å². The molecule has 1 atom stereocenters. The second-order valence-corrected chi connectivity index (χ2v) is 7.64. The Morgan fingerprint density at radius 3 is 2.68 bits per heavy atom. The van der Waals surface area contributed by atoms with E-state index < -0.39 is 6.43 Å². The highest BCUT2D eigenvalue weighted by molar-refractivity contribution is 5.81. The van der Waals surface area contributed by atoms with Gasteiger partial charge in [0.15, 0.2) is 5.65 Å². The van der Waals surface area contributed by atoms with Crippen molar-refractivity contribution in [3.63, 3.8) is 0 Å². The van der Waals surface area contributed by atoms with Gasteiger partial charge in [-0.25, -0.2) is 18.7 Å². The molecule has 1 saturated heterocycles. The molecule has 5 rings (SSSR count). The highest BCUT2D eigenvalue weighted by Crippen LogP contribution is 2.30. The van der Waals surface area contributed by atoms with Gasteiger partial charge in [-0.05, 0) is 31.2 Å². The fraction of sp³-hybridized carbons (Fsp3) is 0.261. The maximum Gasteiger partial charge on any atom is 0.280 e. The predicted molar refractivity (Wildman–Crippen MR) is 117 cm³/mol. The highest BCUT2D eigenvalue weighted by Gasteiger charge is 2.22. The van der Waals surface area contributed by atoms with E-state index in [1.165, 1.54) is 12.3 Å². The van der Waals surface area contributed by atoms with Crippen LogP contribution in [-0.2, 0) is 0 Å². The van der Waals surface area contributed by atoms with Gasteiger partial charge in [-0.1, -0.05) is 30.3 Å². The van der Waals surface area contributed by atoms with Gasteiger partial charge in [-0.2, -0.15) is 0 Å². The molecule has 0 bridgehead atoms. The van der Waals surface area contributed by atoms with Crippen LogP contribution in [0.5, 0.6) is 0 Å². The minimum Gasteiger partial charge on any atom is -0.351 e. The van der Waals surface area contributed by atoms with Gasteiger partial charge in [0.25, 0.3) is 6.43 Å². The number of fused-ring (bicyclic) bond motifs is 1. The SMILES string of the molecule is CC1CNCCN1c1ccc2nc(-c3ccccc3)n(-c3ccnc(C(F)F)c3)c2n1. The molecule has 0 radical (unpaired) electrons. The van der Waals surface area contributed by atoms with Crippen LogP contribution in [0.4, 0.5) is 14.6 Å². The molecule has 0 spiro atoms. The molecule has 1 aliphatic rings. The van der Waals surface area contributed by atoms with Crippen molar-refractivity contribution in [1.29, 1.82) is 0 Å². The molecule has 0 saturated carbocycles. The number of benzene rings is 1. The van der Waals surface area contributed by atoms with E-state index >= 15 is 0 Å². The number of alkyl halides is 2. The van der Waals surface area contributed by atoms with E-state index in [0.29, 0.717) is 28.7 Å². The molecule has 1 N–H and O–H groups in total. The van der Waals surface area contributed by atoms with Crippen molar-refractivity contribution in [3.8, 4) is 17.1 Å². The zero-order chi connectivity index (χ0) is 21.4. The molecule has 6 nitrogen and oxygen atoms in total. The maximum absolute atomic E-state index is 13.4. The van der Waals surface area contributed by atoms with Crippen molar-refractivity contribution in [2.45, 2.75) is 19.4 Å². The molecule has 8 heteroatoms. The van der Waals surface area contributed by atoms with Crippen molar-refractivity contribution >= 4 is 17.0 Å². The van der Waals surface area contributed by atoms with Crippen molar-refractivity contribution in [3.05, 3.63) is 66.5 Å². The van der Waals surface area contributed by atoms with E-state index in [1.54, 1.807) is 6.07 Å². The summed E-state index contributed by atoms with van der Waals surface area (Å²) in [5.41, 5.74) is 2.51. The zero-order valence-corrected chi connectivity index (χ0v) is 17.0. The summed E-state index contributed by atoms with van der Waals surface area (Å²) < 4.78 is 28.6. The number of pyridine rings is 2. The van der Waals surface area contributed by atoms with Crippen molar-refractivity contribution in [1.82, 2.24) is 24.8 Å². The molecule has 1 unspecified atom stereocenters. The first kappa shape index (κ1) is 19.6. The molecule has 158 valence electrons. The normalized spacial score (nSPS) is 16.9. The number of hydrogen-bond donors (Lipinski definition) is 1. The summed E-state index contributed by atoms with van der Waals surface area (Å²) in [6, 6.07) is 17.0. The van der Waals surface area contributed by atoms with E-state index in [0.717, 1.165) is 31.0 Å². The first-order chi connectivity index (χ1) is 15.1. The summed E-state index contributed by atoms with van der Waals surface area (Å²) >= 11 is 0. The van der Waals surface area contributed by atoms with Gasteiger partial charge in [0.2, 0.25) is 0 Å². The summed E-state index contributed by atoms with van der Waals surface area (Å²) in [5.74, 6) is 1.51. The van der Waals surface area contributed by atoms with Crippen LogP contribution >= 0.6 is 0 Å². The molecule has 1 aromatic carbocycles. The van der Waals surface area contributed by atoms with Crippen molar-refractivity contribution in [2.24, 2.45) is 0 Å². The molecule has 3 aromatic heterocycles. The zero-order valence-electron chi connectivity index (χ0n) is 17.0. The van der Waals surface area contributed by atoms with Crippen molar-refractivity contribution in [2.75, 3.05) is 24.5 Å². The van der Waals surface area contributed by atoms with Crippen LogP contribution in [-0.4, -0.2) is 45.2 Å². The van der Waals surface area contributed by atoms with Gasteiger partial charge in [-0.3, -0.25) is 9.55 Å². The average Bonchev–Trinajstić information content (AvgIpc) is 3.19. The topological polar surface area (TPSA) is 58.9 Å². The Morgan fingerprint density at radius 2 is 1.90 bits per heavy atom. The fourth-order valence-corrected chi connectivity index (χ4v) is 4.01. The molecular formula is C23H22F2N6. The lowest BCUT2D eigenvalue weighted by Crippen LogP contribution is -2.50. The Bertz CT molecular complexity index is 1210. The van der Waals surface area contributed by atoms with Crippen LogP contribution in [0.1, 0.15) is 19.0 Å². The second kappa shape index (κ2) is 8.03. The largest absolute Gasteiger partial charge is 0.351 e. The summed E-state index contributed by atoms with van der Waals surface area (Å²) in [4.78, 5) is 15.8. The van der Waals surface area contributed by atoms with Gasteiger partial charge >= 0.3 is 0 Å². The van der Waals surface area contributed by atoms with Crippen molar-refractivity contribution < 1.29 is 8.78 Å². The third-order valence-electron chi connectivity index (χ3n) is 5.56. The molecule has 1 aliphatic heterocycles. The number of imidazole rings is 1. The molecular weight excluding hydrogens is 398 g/mol. The fourth-order valence-electron chi connectivity index (χ4n) is 4.01. The van der Waals surface area contributed by atoms with E-state index in [1.807, 2.05) is 47.0 Å². The Morgan fingerprint density at radius 1 is 1.06 bits per heavy atom. The first-order valence-electron chi connectivity index (χ1n) is 10.3. The standard InChI is InChI=1S/C23H22F2N6/c1-15-14-26-11-12-30(15)20-8-7-18-23(29-20)31(17-9-10-27-19(13-17)21(24)25)22(28-18)16-5-3-2-4-6-16/h2-10,13,15,21,26H,11-12,14H2,1H3. The summed E-state index contributed by atoms with van der Waals surface area (Å²) in [5, 5.41) is 3.39. The number of hydrogen-bond acceptors (Lipinski definition) is 5. The minimum absolute atomic E-state index is 0.273. The van der Waals surface area contributed by atoms with Crippen LogP contribution in [0.2, 0.25) is 0 Å². The number of anilines is 1. The van der Waals surface area contributed by atoms with Crippen LogP contribution < -0.4 is 10.2 Å².